The molecule has 0 aromatic heterocycles. The Balaban J connectivity index is 2.50. The molecule has 0 radical (unpaired) electrons. The predicted octanol–water partition coefficient (Wildman–Crippen LogP) is 3.82. The van der Waals surface area contributed by atoms with Crippen LogP contribution in [0.1, 0.15) is 38.7 Å². The van der Waals surface area contributed by atoms with Crippen LogP contribution in [0.25, 0.3) is 0 Å². The second-order valence-electron chi connectivity index (χ2n) is 8.43. The number of halogens is 2. The molecule has 0 saturated carbocycles. The van der Waals surface area contributed by atoms with E-state index in [0.29, 0.717) is 21.4 Å². The van der Waals surface area contributed by atoms with E-state index in [4.69, 9.17) is 11.6 Å². The zero-order valence-electron chi connectivity index (χ0n) is 21.1. The molecule has 36 heavy (non-hydrogen) atoms. The van der Waals surface area contributed by atoms with Crippen LogP contribution in [0.4, 0.5) is 10.1 Å². The minimum absolute atomic E-state index is 0.0225. The Hall–Kier alpha value is -2.69. The molecule has 0 aliphatic heterocycles. The lowest BCUT2D eigenvalue weighted by Crippen LogP contribution is -2.53. The summed E-state index contributed by atoms with van der Waals surface area (Å²) in [6.45, 7) is 3.49. The number of para-hydroxylation sites is 1. The van der Waals surface area contributed by atoms with Crippen molar-refractivity contribution < 1.29 is 22.4 Å². The van der Waals surface area contributed by atoms with Crippen molar-refractivity contribution in [3.05, 3.63) is 64.9 Å². The molecular formula is C25H34ClFN4O4S. The molecule has 2 aromatic carbocycles. The number of anilines is 1. The smallest absolute Gasteiger partial charge is 0.304 e. The largest absolute Gasteiger partial charge is 0.354 e. The second-order valence-corrected chi connectivity index (χ2v) is 10.9. The van der Waals surface area contributed by atoms with Gasteiger partial charge in [-0.25, -0.2) is 8.70 Å². The van der Waals surface area contributed by atoms with Gasteiger partial charge in [-0.1, -0.05) is 62.2 Å². The van der Waals surface area contributed by atoms with Gasteiger partial charge in [0.25, 0.3) is 0 Å². The molecule has 0 spiro atoms. The zero-order valence-corrected chi connectivity index (χ0v) is 22.7. The molecule has 2 amide bonds. The normalized spacial score (nSPS) is 12.3. The Kier molecular flexibility index (Phi) is 11.1. The van der Waals surface area contributed by atoms with Crippen molar-refractivity contribution in [3.63, 3.8) is 0 Å². The van der Waals surface area contributed by atoms with Gasteiger partial charge in [-0.15, -0.1) is 0 Å². The molecule has 0 unspecified atom stereocenters. The van der Waals surface area contributed by atoms with Crippen LogP contribution in [0.2, 0.25) is 5.02 Å². The van der Waals surface area contributed by atoms with Crippen molar-refractivity contribution in [1.29, 1.82) is 0 Å². The third kappa shape index (κ3) is 7.41. The number of nitrogens with one attached hydrogen (secondary N) is 1. The zero-order chi connectivity index (χ0) is 26.9. The monoisotopic (exact) mass is 540 g/mol. The highest BCUT2D eigenvalue weighted by molar-refractivity contribution is 7.90. The van der Waals surface area contributed by atoms with E-state index in [1.807, 2.05) is 6.92 Å². The number of carbonyl (C=O) groups excluding carboxylic acids is 2. The second kappa shape index (κ2) is 13.6. The van der Waals surface area contributed by atoms with Gasteiger partial charge in [0.1, 0.15) is 18.4 Å². The molecule has 11 heteroatoms. The summed E-state index contributed by atoms with van der Waals surface area (Å²) in [7, 11) is -1.65. The molecule has 0 heterocycles. The lowest BCUT2D eigenvalue weighted by molar-refractivity contribution is -0.140. The van der Waals surface area contributed by atoms with E-state index in [2.05, 4.69) is 5.32 Å². The molecule has 198 valence electrons. The van der Waals surface area contributed by atoms with Gasteiger partial charge in [-0.2, -0.15) is 12.7 Å². The topological polar surface area (TPSA) is 90.0 Å². The Morgan fingerprint density at radius 2 is 1.69 bits per heavy atom. The number of nitrogens with zero attached hydrogens (tertiary/aromatic N) is 3. The van der Waals surface area contributed by atoms with Gasteiger partial charge in [0.15, 0.2) is 0 Å². The SMILES string of the molecule is CCCCNC(=O)[C@H](CC)N(Cc1ccccc1Cl)C(=O)CN(c1ccccc1F)S(=O)(=O)N(C)C. The van der Waals surface area contributed by atoms with Crippen LogP contribution in [-0.2, 0) is 26.3 Å². The molecule has 0 aliphatic carbocycles. The third-order valence-electron chi connectivity index (χ3n) is 5.65. The van der Waals surface area contributed by atoms with Gasteiger partial charge in [0.2, 0.25) is 11.8 Å². The Morgan fingerprint density at radius 1 is 1.06 bits per heavy atom. The lowest BCUT2D eigenvalue weighted by atomic mass is 10.1. The maximum absolute atomic E-state index is 14.7. The summed E-state index contributed by atoms with van der Waals surface area (Å²) in [5, 5.41) is 3.25. The average molecular weight is 541 g/mol. The fourth-order valence-electron chi connectivity index (χ4n) is 3.59. The number of amides is 2. The van der Waals surface area contributed by atoms with Crippen molar-refractivity contribution in [2.24, 2.45) is 0 Å². The molecular weight excluding hydrogens is 507 g/mol. The number of hydrogen-bond donors (Lipinski definition) is 1. The molecule has 1 atom stereocenters. The summed E-state index contributed by atoms with van der Waals surface area (Å²) in [5.41, 5.74) is 0.331. The molecule has 0 bridgehead atoms. The molecule has 2 aromatic rings. The Labute approximate surface area is 218 Å². The van der Waals surface area contributed by atoms with E-state index in [1.54, 1.807) is 31.2 Å². The van der Waals surface area contributed by atoms with Crippen molar-refractivity contribution in [2.75, 3.05) is 31.5 Å². The van der Waals surface area contributed by atoms with Crippen molar-refractivity contribution >= 4 is 39.3 Å². The summed E-state index contributed by atoms with van der Waals surface area (Å²) in [6.07, 6.45) is 1.95. The van der Waals surface area contributed by atoms with Crippen LogP contribution >= 0.6 is 11.6 Å². The van der Waals surface area contributed by atoms with Crippen LogP contribution in [0.3, 0.4) is 0 Å². The standard InChI is InChI=1S/C25H34ClFN4O4S/c1-5-7-16-28-25(33)22(6-2)30(17-19-12-8-9-13-20(19)26)24(32)18-31(36(34,35)29(3)4)23-15-11-10-14-21(23)27/h8-15,22H,5-7,16-18H2,1-4H3,(H,28,33)/t22-/m0/s1. The molecule has 1 N–H and O–H groups in total. The van der Waals surface area contributed by atoms with Crippen LogP contribution in [0, 0.1) is 5.82 Å². The van der Waals surface area contributed by atoms with E-state index in [1.165, 1.54) is 37.2 Å². The van der Waals surface area contributed by atoms with E-state index in [0.717, 1.165) is 23.2 Å². The molecule has 0 saturated heterocycles. The number of unbranched alkanes of at least 4 members (excludes halogenated alkanes) is 1. The summed E-state index contributed by atoms with van der Waals surface area (Å²) in [5.74, 6) is -1.81. The van der Waals surface area contributed by atoms with Gasteiger partial charge in [-0.05, 0) is 36.6 Å². The number of rotatable bonds is 13. The highest BCUT2D eigenvalue weighted by Crippen LogP contribution is 2.25. The van der Waals surface area contributed by atoms with Gasteiger partial charge in [0, 0.05) is 32.2 Å². The fraction of sp³-hybridized carbons (Fsp3) is 0.440. The molecule has 8 nitrogen and oxygen atoms in total. The molecule has 0 aliphatic rings. The summed E-state index contributed by atoms with van der Waals surface area (Å²) in [6, 6.07) is 11.4. The third-order valence-corrected chi connectivity index (χ3v) is 7.83. The van der Waals surface area contributed by atoms with Crippen molar-refractivity contribution in [2.45, 2.75) is 45.7 Å². The van der Waals surface area contributed by atoms with E-state index >= 15 is 0 Å². The van der Waals surface area contributed by atoms with Crippen molar-refractivity contribution in [1.82, 2.24) is 14.5 Å². The first-order chi connectivity index (χ1) is 17.0. The fourth-order valence-corrected chi connectivity index (χ4v) is 4.85. The van der Waals surface area contributed by atoms with Crippen molar-refractivity contribution in [3.8, 4) is 0 Å². The first-order valence-corrected chi connectivity index (χ1v) is 13.6. The first-order valence-electron chi connectivity index (χ1n) is 11.8. The number of benzene rings is 2. The quantitative estimate of drug-likeness (QED) is 0.391. The molecule has 2 rings (SSSR count). The van der Waals surface area contributed by atoms with Gasteiger partial charge >= 0.3 is 10.2 Å². The van der Waals surface area contributed by atoms with E-state index in [9.17, 15) is 22.4 Å². The lowest BCUT2D eigenvalue weighted by Gasteiger charge is -2.34. The average Bonchev–Trinajstić information content (AvgIpc) is 2.84. The number of hydrogen-bond acceptors (Lipinski definition) is 4. The van der Waals surface area contributed by atoms with Gasteiger partial charge < -0.3 is 10.2 Å². The van der Waals surface area contributed by atoms with E-state index < -0.39 is 34.5 Å². The van der Waals surface area contributed by atoms with Crippen LogP contribution < -0.4 is 9.62 Å². The highest BCUT2D eigenvalue weighted by atomic mass is 35.5. The van der Waals surface area contributed by atoms with Gasteiger partial charge in [0.05, 0.1) is 5.69 Å². The summed E-state index contributed by atoms with van der Waals surface area (Å²) in [4.78, 5) is 28.1. The first kappa shape index (κ1) is 29.5. The van der Waals surface area contributed by atoms with E-state index in [-0.39, 0.29) is 24.6 Å². The van der Waals surface area contributed by atoms with Crippen LogP contribution in [-0.4, -0.2) is 62.7 Å². The summed E-state index contributed by atoms with van der Waals surface area (Å²) >= 11 is 6.34. The van der Waals surface area contributed by atoms with Crippen LogP contribution in [0.15, 0.2) is 48.5 Å². The maximum atomic E-state index is 14.7. The Morgan fingerprint density at radius 3 is 2.28 bits per heavy atom. The maximum Gasteiger partial charge on any atom is 0.304 e. The Bertz CT molecular complexity index is 1150. The van der Waals surface area contributed by atoms with Crippen LogP contribution in [0.5, 0.6) is 0 Å². The minimum atomic E-state index is -4.24. The summed E-state index contributed by atoms with van der Waals surface area (Å²) < 4.78 is 42.5. The highest BCUT2D eigenvalue weighted by Gasteiger charge is 2.34. The number of carbonyl (C=O) groups is 2. The van der Waals surface area contributed by atoms with Gasteiger partial charge in [-0.3, -0.25) is 9.59 Å². The predicted molar refractivity (Wildman–Crippen MR) is 140 cm³/mol. The molecule has 0 fully saturated rings. The minimum Gasteiger partial charge on any atom is -0.354 e.